The third-order valence-corrected chi connectivity index (χ3v) is 2.80. The molecular weight excluding hydrogens is 224 g/mol. The largest absolute Gasteiger partial charge is 0.489 e. The molecule has 1 atom stereocenters. The molecule has 0 bridgehead atoms. The van der Waals surface area contributed by atoms with Gasteiger partial charge in [-0.05, 0) is 18.4 Å². The van der Waals surface area contributed by atoms with Gasteiger partial charge in [0.05, 0.1) is 13.2 Å². The number of hydrogen-bond acceptors (Lipinski definition) is 4. The lowest BCUT2D eigenvalue weighted by molar-refractivity contribution is 0.245. The summed E-state index contributed by atoms with van der Waals surface area (Å²) >= 11 is 1.77. The highest BCUT2D eigenvalue weighted by atomic mass is 32.2. The summed E-state index contributed by atoms with van der Waals surface area (Å²) in [5, 5.41) is 0. The maximum atomic E-state index is 5.64. The van der Waals surface area contributed by atoms with E-state index in [-0.39, 0.29) is 6.10 Å². The van der Waals surface area contributed by atoms with Gasteiger partial charge in [-0.1, -0.05) is 12.1 Å². The minimum absolute atomic E-state index is 0.277. The van der Waals surface area contributed by atoms with Crippen molar-refractivity contribution >= 4 is 11.8 Å². The molecule has 16 heavy (non-hydrogen) atoms. The smallest absolute Gasteiger partial charge is 0.161 e. The average molecular weight is 240 g/mol. The first-order chi connectivity index (χ1) is 7.90. The Morgan fingerprint density at radius 1 is 1.31 bits per heavy atom. The number of hydrogen-bond donors (Lipinski definition) is 0. The molecule has 0 saturated carbocycles. The second-order valence-corrected chi connectivity index (χ2v) is 4.54. The first kappa shape index (κ1) is 11.6. The predicted octanol–water partition coefficient (Wildman–Crippen LogP) is 2.21. The first-order valence-electron chi connectivity index (χ1n) is 5.35. The molecule has 1 aromatic rings. The second kappa shape index (κ2) is 6.01. The average Bonchev–Trinajstić information content (AvgIpc) is 3.12. The van der Waals surface area contributed by atoms with E-state index in [1.165, 1.54) is 0 Å². The van der Waals surface area contributed by atoms with Crippen LogP contribution in [0.5, 0.6) is 11.5 Å². The van der Waals surface area contributed by atoms with Crippen LogP contribution in [-0.2, 0) is 4.74 Å². The van der Waals surface area contributed by atoms with E-state index in [0.29, 0.717) is 13.2 Å². The lowest BCUT2D eigenvalue weighted by Crippen LogP contribution is -2.06. The molecule has 0 radical (unpaired) electrons. The van der Waals surface area contributed by atoms with Crippen molar-refractivity contribution < 1.29 is 14.2 Å². The second-order valence-electron chi connectivity index (χ2n) is 3.55. The molecule has 1 unspecified atom stereocenters. The Morgan fingerprint density at radius 3 is 2.62 bits per heavy atom. The fraction of sp³-hybridized carbons (Fsp3) is 0.500. The van der Waals surface area contributed by atoms with Crippen molar-refractivity contribution in [2.75, 3.05) is 31.8 Å². The van der Waals surface area contributed by atoms with E-state index >= 15 is 0 Å². The van der Waals surface area contributed by atoms with Crippen LogP contribution in [0.4, 0.5) is 0 Å². The van der Waals surface area contributed by atoms with Gasteiger partial charge in [0.15, 0.2) is 11.5 Å². The molecule has 0 amide bonds. The van der Waals surface area contributed by atoms with Crippen molar-refractivity contribution in [3.05, 3.63) is 24.3 Å². The SMILES string of the molecule is CSCCOc1ccccc1OCC1CO1. The zero-order chi connectivity index (χ0) is 11.2. The van der Waals surface area contributed by atoms with Crippen LogP contribution in [0, 0.1) is 0 Å². The Kier molecular flexibility index (Phi) is 4.36. The Hall–Kier alpha value is -0.870. The quantitative estimate of drug-likeness (QED) is 0.540. The van der Waals surface area contributed by atoms with Crippen molar-refractivity contribution in [3.63, 3.8) is 0 Å². The Balaban J connectivity index is 1.87. The van der Waals surface area contributed by atoms with E-state index in [4.69, 9.17) is 14.2 Å². The summed E-state index contributed by atoms with van der Waals surface area (Å²) in [7, 11) is 0. The van der Waals surface area contributed by atoms with Gasteiger partial charge in [0.25, 0.3) is 0 Å². The number of ether oxygens (including phenoxy) is 3. The summed E-state index contributed by atoms with van der Waals surface area (Å²) < 4.78 is 16.4. The summed E-state index contributed by atoms with van der Waals surface area (Å²) in [5.74, 6) is 2.61. The van der Waals surface area contributed by atoms with E-state index in [0.717, 1.165) is 23.9 Å². The lowest BCUT2D eigenvalue weighted by Gasteiger charge is -2.11. The topological polar surface area (TPSA) is 31.0 Å². The van der Waals surface area contributed by atoms with Gasteiger partial charge in [-0.3, -0.25) is 0 Å². The predicted molar refractivity (Wildman–Crippen MR) is 65.6 cm³/mol. The summed E-state index contributed by atoms with van der Waals surface area (Å²) in [6.07, 6.45) is 2.34. The molecule has 0 aromatic heterocycles. The third-order valence-electron chi connectivity index (χ3n) is 2.22. The molecule has 1 heterocycles. The molecule has 1 saturated heterocycles. The minimum Gasteiger partial charge on any atom is -0.489 e. The van der Waals surface area contributed by atoms with Crippen LogP contribution in [0.2, 0.25) is 0 Å². The van der Waals surface area contributed by atoms with Gasteiger partial charge in [-0.15, -0.1) is 0 Å². The molecule has 2 rings (SSSR count). The Bertz CT molecular complexity index is 326. The van der Waals surface area contributed by atoms with E-state index < -0.39 is 0 Å². The molecule has 1 aliphatic rings. The monoisotopic (exact) mass is 240 g/mol. The molecule has 88 valence electrons. The zero-order valence-corrected chi connectivity index (χ0v) is 10.2. The third kappa shape index (κ3) is 3.61. The molecule has 3 nitrogen and oxygen atoms in total. The lowest BCUT2D eigenvalue weighted by atomic mass is 10.3. The van der Waals surface area contributed by atoms with E-state index in [2.05, 4.69) is 6.26 Å². The van der Waals surface area contributed by atoms with Crippen molar-refractivity contribution in [1.82, 2.24) is 0 Å². The van der Waals surface area contributed by atoms with Crippen LogP contribution in [0.3, 0.4) is 0 Å². The molecule has 1 fully saturated rings. The van der Waals surface area contributed by atoms with E-state index in [1.807, 2.05) is 24.3 Å². The summed E-state index contributed by atoms with van der Waals surface area (Å²) in [5.41, 5.74) is 0. The number of rotatable bonds is 7. The van der Waals surface area contributed by atoms with Gasteiger partial charge in [-0.2, -0.15) is 11.8 Å². The highest BCUT2D eigenvalue weighted by Crippen LogP contribution is 2.27. The summed E-state index contributed by atoms with van der Waals surface area (Å²) in [4.78, 5) is 0. The molecule has 1 aromatic carbocycles. The van der Waals surface area contributed by atoms with Crippen LogP contribution >= 0.6 is 11.8 Å². The number of epoxide rings is 1. The van der Waals surface area contributed by atoms with Crippen LogP contribution in [0.15, 0.2) is 24.3 Å². The van der Waals surface area contributed by atoms with Gasteiger partial charge in [0.2, 0.25) is 0 Å². The standard InChI is InChI=1S/C12H16O3S/c1-16-7-6-13-11-4-2-3-5-12(11)15-9-10-8-14-10/h2-5,10H,6-9H2,1H3. The number of para-hydroxylation sites is 2. The Labute approximate surface area is 100 Å². The maximum absolute atomic E-state index is 5.64. The fourth-order valence-electron chi connectivity index (χ4n) is 1.27. The van der Waals surface area contributed by atoms with Crippen LogP contribution in [-0.4, -0.2) is 37.9 Å². The van der Waals surface area contributed by atoms with Gasteiger partial charge in [-0.25, -0.2) is 0 Å². The van der Waals surface area contributed by atoms with E-state index in [1.54, 1.807) is 11.8 Å². The molecule has 0 aliphatic carbocycles. The first-order valence-corrected chi connectivity index (χ1v) is 6.74. The molecular formula is C12H16O3S. The number of benzene rings is 1. The normalized spacial score (nSPS) is 18.2. The van der Waals surface area contributed by atoms with Gasteiger partial charge >= 0.3 is 0 Å². The van der Waals surface area contributed by atoms with Crippen molar-refractivity contribution in [2.24, 2.45) is 0 Å². The van der Waals surface area contributed by atoms with Crippen LogP contribution < -0.4 is 9.47 Å². The van der Waals surface area contributed by atoms with Crippen molar-refractivity contribution in [2.45, 2.75) is 6.10 Å². The van der Waals surface area contributed by atoms with Gasteiger partial charge in [0, 0.05) is 5.75 Å². The summed E-state index contributed by atoms with van der Waals surface area (Å²) in [6.45, 7) is 2.14. The minimum atomic E-state index is 0.277. The van der Waals surface area contributed by atoms with Crippen molar-refractivity contribution in [1.29, 1.82) is 0 Å². The maximum Gasteiger partial charge on any atom is 0.161 e. The summed E-state index contributed by atoms with van der Waals surface area (Å²) in [6, 6.07) is 7.76. The van der Waals surface area contributed by atoms with Gasteiger partial charge in [0.1, 0.15) is 12.7 Å². The molecule has 1 aliphatic heterocycles. The molecule has 0 spiro atoms. The highest BCUT2D eigenvalue weighted by Gasteiger charge is 2.23. The Morgan fingerprint density at radius 2 is 2.00 bits per heavy atom. The zero-order valence-electron chi connectivity index (χ0n) is 9.35. The molecule has 4 heteroatoms. The highest BCUT2D eigenvalue weighted by molar-refractivity contribution is 7.98. The fourth-order valence-corrected chi connectivity index (χ4v) is 1.52. The van der Waals surface area contributed by atoms with E-state index in [9.17, 15) is 0 Å². The van der Waals surface area contributed by atoms with Crippen LogP contribution in [0.1, 0.15) is 0 Å². The van der Waals surface area contributed by atoms with Crippen molar-refractivity contribution in [3.8, 4) is 11.5 Å². The number of thioether (sulfide) groups is 1. The van der Waals surface area contributed by atoms with Crippen LogP contribution in [0.25, 0.3) is 0 Å². The van der Waals surface area contributed by atoms with Gasteiger partial charge < -0.3 is 14.2 Å². The molecule has 0 N–H and O–H groups in total.